The number of hydrogen-bond donors (Lipinski definition) is 1. The molecule has 0 radical (unpaired) electrons. The third-order valence-electron chi connectivity index (χ3n) is 11.9. The molecule has 1 atom stereocenters. The van der Waals surface area contributed by atoms with Crippen LogP contribution in [0.3, 0.4) is 0 Å². The van der Waals surface area contributed by atoms with Gasteiger partial charge in [-0.2, -0.15) is 0 Å². The Bertz CT molecular complexity index is 2160. The lowest BCUT2D eigenvalue weighted by atomic mass is 9.93. The maximum Gasteiger partial charge on any atom is 0.257 e. The molecule has 1 amide bonds. The van der Waals surface area contributed by atoms with Crippen LogP contribution < -0.4 is 20.7 Å². The van der Waals surface area contributed by atoms with Gasteiger partial charge in [-0.25, -0.2) is 0 Å². The van der Waals surface area contributed by atoms with Gasteiger partial charge in [-0.1, -0.05) is 142 Å². The van der Waals surface area contributed by atoms with Gasteiger partial charge in [0.1, 0.15) is 0 Å². The van der Waals surface area contributed by atoms with Crippen LogP contribution in [0.2, 0.25) is 0 Å². The Kier molecular flexibility index (Phi) is 21.7. The van der Waals surface area contributed by atoms with Gasteiger partial charge in [0.25, 0.3) is 5.91 Å². The molecule has 0 aliphatic carbocycles. The van der Waals surface area contributed by atoms with Crippen LogP contribution in [-0.4, -0.2) is 32.0 Å². The maximum absolute atomic E-state index is 13.7. The van der Waals surface area contributed by atoms with Crippen LogP contribution >= 0.6 is 61.7 Å². The molecular weight excluding hydrogens is 893 g/mol. The molecule has 0 saturated heterocycles. The second kappa shape index (κ2) is 26.8. The Labute approximate surface area is 392 Å². The van der Waals surface area contributed by atoms with Crippen molar-refractivity contribution in [3.63, 3.8) is 0 Å². The van der Waals surface area contributed by atoms with Gasteiger partial charge in [0, 0.05) is 70.3 Å². The molecule has 330 valence electrons. The van der Waals surface area contributed by atoms with Crippen molar-refractivity contribution in [1.29, 1.82) is 0 Å². The van der Waals surface area contributed by atoms with E-state index in [1.54, 1.807) is 45.8 Å². The van der Waals surface area contributed by atoms with Gasteiger partial charge >= 0.3 is 0 Å². The van der Waals surface area contributed by atoms with E-state index < -0.39 is 0 Å². The highest BCUT2D eigenvalue weighted by molar-refractivity contribution is 9.11. The third-order valence-corrected chi connectivity index (χ3v) is 16.9. The Morgan fingerprint density at radius 2 is 1.30 bits per heavy atom. The molecule has 1 unspecified atom stereocenters. The summed E-state index contributed by atoms with van der Waals surface area (Å²) in [5.41, 5.74) is 3.12. The number of aldehydes is 1. The molecule has 9 heteroatoms. The molecule has 4 heterocycles. The van der Waals surface area contributed by atoms with Crippen molar-refractivity contribution >= 4 is 101 Å². The lowest BCUT2D eigenvalue weighted by Crippen LogP contribution is -2.32. The van der Waals surface area contributed by atoms with Gasteiger partial charge in [0.05, 0.1) is 9.36 Å². The number of nitrogens with one attached hydrogen (secondary N) is 1. The highest BCUT2D eigenvalue weighted by Crippen LogP contribution is 2.40. The minimum absolute atomic E-state index is 0.0988. The molecule has 1 N–H and O–H groups in total. The van der Waals surface area contributed by atoms with Crippen molar-refractivity contribution < 1.29 is 9.59 Å². The van der Waals surface area contributed by atoms with Gasteiger partial charge in [0.15, 0.2) is 6.29 Å². The van der Waals surface area contributed by atoms with E-state index in [1.165, 1.54) is 143 Å². The molecule has 0 saturated carbocycles. The Hall–Kier alpha value is -2.69. The summed E-state index contributed by atoms with van der Waals surface area (Å²) in [5, 5.41) is 4.94. The van der Waals surface area contributed by atoms with E-state index in [9.17, 15) is 9.59 Å². The van der Waals surface area contributed by atoms with E-state index in [0.29, 0.717) is 17.1 Å². The van der Waals surface area contributed by atoms with Gasteiger partial charge in [0.2, 0.25) is 0 Å². The zero-order valence-electron chi connectivity index (χ0n) is 37.3. The number of carbonyl (C=O) groups excluding carboxylic acids is 2. The van der Waals surface area contributed by atoms with E-state index in [2.05, 4.69) is 102 Å². The standard InChI is InChI=1S/C52H69BrN2O2S4/c1-6-9-11-13-15-17-18-20-22-24-27-38(26-23-21-19-16-14-12-10-7-2)36-55(4)43-35-40-42(54-52(57)51(40)49-32-33-50(53)61-49)34-39(43)41(37-56)44-28-29-47(59-44)48-31-30-46(60-48)45(58-5)25-8-3/h8,25,28-35,37-38H,3,6-7,9-24,26-27,36H2,1-2,4-5H3,(H,54,57)/b41-39+,45-25-. The molecule has 1 aromatic carbocycles. The first-order valence-corrected chi connectivity index (χ1v) is 27.5. The maximum atomic E-state index is 13.7. The highest BCUT2D eigenvalue weighted by Gasteiger charge is 2.26. The lowest BCUT2D eigenvalue weighted by molar-refractivity contribution is -0.111. The van der Waals surface area contributed by atoms with Gasteiger partial charge in [-0.15, -0.1) is 45.8 Å². The number of carbonyl (C=O) groups is 2. The molecule has 4 nitrogen and oxygen atoms in total. The number of allylic oxidation sites excluding steroid dienone is 2. The number of amides is 1. The fourth-order valence-corrected chi connectivity index (χ4v) is 12.9. The van der Waals surface area contributed by atoms with Crippen LogP contribution in [0.4, 0.5) is 11.4 Å². The first kappa shape index (κ1) is 49.3. The van der Waals surface area contributed by atoms with E-state index in [1.807, 2.05) is 18.2 Å². The summed E-state index contributed by atoms with van der Waals surface area (Å²) in [5.74, 6) is 0.456. The number of unbranched alkanes of at least 4 members (excludes halogenated alkanes) is 16. The zero-order valence-corrected chi connectivity index (χ0v) is 42.1. The van der Waals surface area contributed by atoms with Gasteiger partial charge in [-0.05, 0) is 95.6 Å². The predicted octanol–water partition coefficient (Wildman–Crippen LogP) is 15.6. The molecule has 1 aliphatic rings. The van der Waals surface area contributed by atoms with E-state index in [0.717, 1.165) is 53.1 Å². The summed E-state index contributed by atoms with van der Waals surface area (Å²) in [4.78, 5) is 36.0. The largest absolute Gasteiger partial charge is 0.374 e. The quantitative estimate of drug-likeness (QED) is 0.0321. The number of benzene rings is 1. The van der Waals surface area contributed by atoms with E-state index in [-0.39, 0.29) is 5.91 Å². The van der Waals surface area contributed by atoms with E-state index >= 15 is 0 Å². The molecule has 0 spiro atoms. The minimum atomic E-state index is -0.0988. The van der Waals surface area contributed by atoms with Crippen molar-refractivity contribution in [3.05, 3.63) is 96.1 Å². The van der Waals surface area contributed by atoms with Crippen molar-refractivity contribution in [2.75, 3.05) is 30.1 Å². The number of rotatable bonds is 30. The number of thioether (sulfide) groups is 1. The monoisotopic (exact) mass is 960 g/mol. The van der Waals surface area contributed by atoms with E-state index in [4.69, 9.17) is 0 Å². The fourth-order valence-electron chi connectivity index (χ4n) is 8.56. The summed E-state index contributed by atoms with van der Waals surface area (Å²) in [6.07, 6.45) is 33.5. The van der Waals surface area contributed by atoms with Crippen molar-refractivity contribution in [3.8, 4) is 9.75 Å². The molecule has 4 aromatic rings. The van der Waals surface area contributed by atoms with Crippen LogP contribution in [0.5, 0.6) is 0 Å². The van der Waals surface area contributed by atoms with Crippen LogP contribution in [-0.2, 0) is 9.59 Å². The third kappa shape index (κ3) is 14.7. The van der Waals surface area contributed by atoms with Crippen LogP contribution in [0, 0.1) is 5.92 Å². The summed E-state index contributed by atoms with van der Waals surface area (Å²) in [7, 11) is 2.20. The molecule has 3 aromatic heterocycles. The van der Waals surface area contributed by atoms with Crippen molar-refractivity contribution in [2.45, 2.75) is 142 Å². The number of nitrogens with zero attached hydrogens (tertiary/aromatic N) is 1. The molecule has 0 bridgehead atoms. The Balaban J connectivity index is 1.45. The molecular formula is C52H69BrN2O2S4. The summed E-state index contributed by atoms with van der Waals surface area (Å²) in [6, 6.07) is 16.8. The number of anilines is 2. The second-order valence-corrected chi connectivity index (χ2v) is 22.1. The molecule has 0 fully saturated rings. The summed E-state index contributed by atoms with van der Waals surface area (Å²) < 4.78 is 0.991. The first-order chi connectivity index (χ1) is 29.8. The van der Waals surface area contributed by atoms with Crippen molar-refractivity contribution in [2.24, 2.45) is 5.92 Å². The van der Waals surface area contributed by atoms with Crippen molar-refractivity contribution in [1.82, 2.24) is 0 Å². The zero-order chi connectivity index (χ0) is 43.4. The average Bonchev–Trinajstić information content (AvgIpc) is 4.08. The number of thiophene rings is 3. The predicted molar refractivity (Wildman–Crippen MR) is 277 cm³/mol. The first-order valence-electron chi connectivity index (χ1n) is 23.0. The molecule has 1 aliphatic heterocycles. The highest BCUT2D eigenvalue weighted by atomic mass is 79.9. The lowest BCUT2D eigenvalue weighted by Gasteiger charge is -2.27. The molecule has 61 heavy (non-hydrogen) atoms. The fraction of sp³-hybridized carbons (Fsp3) is 0.500. The van der Waals surface area contributed by atoms with Crippen LogP contribution in [0.15, 0.2) is 71.0 Å². The number of hydrogen-bond acceptors (Lipinski definition) is 7. The van der Waals surface area contributed by atoms with Crippen LogP contribution in [0.25, 0.3) is 25.8 Å². The Morgan fingerprint density at radius 1 is 0.754 bits per heavy atom. The van der Waals surface area contributed by atoms with Gasteiger partial charge < -0.3 is 10.2 Å². The number of fused-ring (bicyclic) bond motifs is 1. The summed E-state index contributed by atoms with van der Waals surface area (Å²) >= 11 is 10.3. The number of halogens is 1. The SMILES string of the molecule is C=C/C=C(\SC)c1ccc(-c2ccc(/C(C=O)=c3\cc4c(cc3N(C)CC(CCCCCCCCCC)CCCCCCCCCCCC)=C(c3ccc(Br)s3)C(=O)N4)s2)s1. The average molecular weight is 962 g/mol. The van der Waals surface area contributed by atoms with Crippen LogP contribution in [0.1, 0.15) is 157 Å². The Morgan fingerprint density at radius 3 is 1.82 bits per heavy atom. The summed E-state index contributed by atoms with van der Waals surface area (Å²) in [6.45, 7) is 9.39. The normalized spacial score (nSPS) is 13.7. The molecule has 5 rings (SSSR count). The van der Waals surface area contributed by atoms with Gasteiger partial charge in [-0.3, -0.25) is 9.59 Å². The minimum Gasteiger partial charge on any atom is -0.374 e. The topological polar surface area (TPSA) is 49.4 Å². The second-order valence-electron chi connectivity index (χ2n) is 16.7. The smallest absolute Gasteiger partial charge is 0.257 e.